The predicted molar refractivity (Wildman–Crippen MR) is 79.6 cm³/mol. The summed E-state index contributed by atoms with van der Waals surface area (Å²) in [6.45, 7) is 0. The van der Waals surface area contributed by atoms with Gasteiger partial charge in [-0.1, -0.05) is 48.0 Å². The molecule has 1 aromatic carbocycles. The topological polar surface area (TPSA) is 48.7 Å². The van der Waals surface area contributed by atoms with E-state index in [-0.39, 0.29) is 11.5 Å². The highest BCUT2D eigenvalue weighted by atomic mass is 35.5. The summed E-state index contributed by atoms with van der Waals surface area (Å²) < 4.78 is 0. The van der Waals surface area contributed by atoms with Gasteiger partial charge < -0.3 is 5.32 Å². The third kappa shape index (κ3) is 2.35. The second-order valence-electron chi connectivity index (χ2n) is 5.15. The van der Waals surface area contributed by atoms with Crippen LogP contribution in [-0.4, -0.2) is 11.0 Å². The molecule has 3 nitrogen and oxygen atoms in total. The second-order valence-corrected chi connectivity index (χ2v) is 5.54. The highest BCUT2D eigenvalue weighted by molar-refractivity contribution is 6.29. The normalized spacial score (nSPS) is 24.5. The van der Waals surface area contributed by atoms with E-state index in [1.165, 1.54) is 0 Å². The summed E-state index contributed by atoms with van der Waals surface area (Å²) >= 11 is 5.87. The molecule has 3 rings (SSSR count). The number of benzene rings is 1. The van der Waals surface area contributed by atoms with Crippen molar-refractivity contribution in [1.82, 2.24) is 4.98 Å². The van der Waals surface area contributed by atoms with Gasteiger partial charge in [-0.25, -0.2) is 4.98 Å². The Bertz CT molecular complexity index is 642. The average molecular weight is 284 g/mol. The summed E-state index contributed by atoms with van der Waals surface area (Å²) in [4.78, 5) is 4.21. The number of nitrogens with zero attached hydrogens (tertiary/aromatic N) is 2. The van der Waals surface area contributed by atoms with Crippen molar-refractivity contribution in [2.75, 3.05) is 5.32 Å². The van der Waals surface area contributed by atoms with Gasteiger partial charge in [0.25, 0.3) is 0 Å². The summed E-state index contributed by atoms with van der Waals surface area (Å²) in [5.41, 5.74) is 0.733. The van der Waals surface area contributed by atoms with E-state index in [2.05, 4.69) is 16.4 Å². The lowest BCUT2D eigenvalue weighted by molar-refractivity contribution is 0.289. The number of rotatable bonds is 3. The van der Waals surface area contributed by atoms with Crippen molar-refractivity contribution in [3.05, 3.63) is 59.2 Å². The van der Waals surface area contributed by atoms with Crippen molar-refractivity contribution in [2.45, 2.75) is 24.3 Å². The Hall–Kier alpha value is -2.05. The monoisotopic (exact) mass is 283 g/mol. The molecular weight excluding hydrogens is 270 g/mol. The van der Waals surface area contributed by atoms with E-state index < -0.39 is 0 Å². The number of hydrogen-bond acceptors (Lipinski definition) is 3. The molecule has 100 valence electrons. The van der Waals surface area contributed by atoms with Crippen LogP contribution in [0, 0.1) is 11.3 Å². The first-order valence-electron chi connectivity index (χ1n) is 6.58. The van der Waals surface area contributed by atoms with Gasteiger partial charge in [0.05, 0.1) is 11.5 Å². The van der Waals surface area contributed by atoms with Gasteiger partial charge in [0, 0.05) is 6.04 Å². The summed E-state index contributed by atoms with van der Waals surface area (Å²) in [6, 6.07) is 18.2. The number of nitrogens with one attached hydrogen (secondary N) is 1. The van der Waals surface area contributed by atoms with Crippen molar-refractivity contribution in [3.63, 3.8) is 0 Å². The van der Waals surface area contributed by atoms with Crippen LogP contribution in [0.25, 0.3) is 0 Å². The quantitative estimate of drug-likeness (QED) is 0.872. The van der Waals surface area contributed by atoms with Gasteiger partial charge in [0.2, 0.25) is 0 Å². The summed E-state index contributed by atoms with van der Waals surface area (Å²) in [7, 11) is 0. The number of anilines is 1. The van der Waals surface area contributed by atoms with E-state index in [0.717, 1.165) is 24.2 Å². The van der Waals surface area contributed by atoms with Crippen LogP contribution < -0.4 is 5.32 Å². The van der Waals surface area contributed by atoms with Crippen molar-refractivity contribution >= 4 is 17.4 Å². The Morgan fingerprint density at radius 2 is 1.90 bits per heavy atom. The van der Waals surface area contributed by atoms with Gasteiger partial charge in [-0.05, 0) is 30.5 Å². The van der Waals surface area contributed by atoms with Crippen LogP contribution in [0.3, 0.4) is 0 Å². The van der Waals surface area contributed by atoms with Crippen molar-refractivity contribution < 1.29 is 0 Å². The van der Waals surface area contributed by atoms with E-state index in [1.54, 1.807) is 6.07 Å². The molecule has 0 spiro atoms. The van der Waals surface area contributed by atoms with Crippen LogP contribution in [0.5, 0.6) is 0 Å². The molecule has 2 aromatic rings. The standard InChI is InChI=1S/C16H14ClN3/c17-14-7-4-8-15(20-14)19-13-9-16(10-13,11-18)12-5-2-1-3-6-12/h1-8,13H,9-10H2,(H,19,20). The van der Waals surface area contributed by atoms with Crippen LogP contribution in [0.2, 0.25) is 5.15 Å². The maximum Gasteiger partial charge on any atom is 0.131 e. The fourth-order valence-corrected chi connectivity index (χ4v) is 2.89. The Morgan fingerprint density at radius 1 is 1.15 bits per heavy atom. The van der Waals surface area contributed by atoms with Crippen molar-refractivity contribution in [2.24, 2.45) is 0 Å². The molecule has 1 fully saturated rings. The highest BCUT2D eigenvalue weighted by Gasteiger charge is 2.46. The Kier molecular flexibility index (Phi) is 3.33. The Balaban J connectivity index is 1.70. The van der Waals surface area contributed by atoms with Gasteiger partial charge in [-0.3, -0.25) is 0 Å². The molecule has 4 heteroatoms. The first-order chi connectivity index (χ1) is 9.72. The van der Waals surface area contributed by atoms with E-state index >= 15 is 0 Å². The first-order valence-corrected chi connectivity index (χ1v) is 6.95. The van der Waals surface area contributed by atoms with Gasteiger partial charge >= 0.3 is 0 Å². The molecule has 0 radical (unpaired) electrons. The minimum absolute atomic E-state index is 0.265. The minimum Gasteiger partial charge on any atom is -0.367 e. The van der Waals surface area contributed by atoms with Crippen molar-refractivity contribution in [3.8, 4) is 6.07 Å². The molecule has 0 amide bonds. The molecular formula is C16H14ClN3. The number of hydrogen-bond donors (Lipinski definition) is 1. The Morgan fingerprint density at radius 3 is 2.55 bits per heavy atom. The zero-order valence-electron chi connectivity index (χ0n) is 10.9. The van der Waals surface area contributed by atoms with Gasteiger partial charge in [0.1, 0.15) is 11.0 Å². The van der Waals surface area contributed by atoms with Crippen LogP contribution in [0.15, 0.2) is 48.5 Å². The summed E-state index contributed by atoms with van der Waals surface area (Å²) in [6.07, 6.45) is 1.59. The zero-order chi connectivity index (χ0) is 14.0. The third-order valence-electron chi connectivity index (χ3n) is 3.80. The molecule has 0 aliphatic heterocycles. The first kappa shape index (κ1) is 13.0. The molecule has 0 saturated heterocycles. The summed E-state index contributed by atoms with van der Waals surface area (Å²) in [5.74, 6) is 0.766. The number of nitriles is 1. The van der Waals surface area contributed by atoms with Crippen molar-refractivity contribution in [1.29, 1.82) is 5.26 Å². The molecule has 1 saturated carbocycles. The van der Waals surface area contributed by atoms with E-state index in [0.29, 0.717) is 5.15 Å². The largest absolute Gasteiger partial charge is 0.367 e. The van der Waals surface area contributed by atoms with Gasteiger partial charge in [-0.15, -0.1) is 0 Å². The Labute approximate surface area is 123 Å². The van der Waals surface area contributed by atoms with Gasteiger partial charge in [-0.2, -0.15) is 5.26 Å². The molecule has 0 bridgehead atoms. The molecule has 0 atom stereocenters. The van der Waals surface area contributed by atoms with E-state index in [4.69, 9.17) is 11.6 Å². The molecule has 1 N–H and O–H groups in total. The van der Waals surface area contributed by atoms with E-state index in [1.807, 2.05) is 42.5 Å². The fourth-order valence-electron chi connectivity index (χ4n) is 2.73. The SMILES string of the molecule is N#CC1(c2ccccc2)CC(Nc2cccc(Cl)n2)C1. The van der Waals surface area contributed by atoms with Crippen LogP contribution in [0.4, 0.5) is 5.82 Å². The third-order valence-corrected chi connectivity index (χ3v) is 4.01. The van der Waals surface area contributed by atoms with Gasteiger partial charge in [0.15, 0.2) is 0 Å². The van der Waals surface area contributed by atoms with E-state index in [9.17, 15) is 5.26 Å². The predicted octanol–water partition coefficient (Wildman–Crippen LogP) is 3.77. The van der Waals surface area contributed by atoms with Crippen LogP contribution >= 0.6 is 11.6 Å². The number of halogens is 1. The van der Waals surface area contributed by atoms with Crippen LogP contribution in [0.1, 0.15) is 18.4 Å². The zero-order valence-corrected chi connectivity index (χ0v) is 11.6. The lowest BCUT2D eigenvalue weighted by atomic mass is 9.62. The lowest BCUT2D eigenvalue weighted by Gasteiger charge is -2.43. The molecule has 1 aliphatic rings. The summed E-state index contributed by atoms with van der Waals surface area (Å²) in [5, 5.41) is 13.3. The lowest BCUT2D eigenvalue weighted by Crippen LogP contribution is -2.47. The fraction of sp³-hybridized carbons (Fsp3) is 0.250. The molecule has 0 unspecified atom stereocenters. The smallest absolute Gasteiger partial charge is 0.131 e. The molecule has 1 aliphatic carbocycles. The highest BCUT2D eigenvalue weighted by Crippen LogP contribution is 2.44. The van der Waals surface area contributed by atoms with Crippen LogP contribution in [-0.2, 0) is 5.41 Å². The minimum atomic E-state index is -0.364. The average Bonchev–Trinajstić information content (AvgIpc) is 2.43. The second kappa shape index (κ2) is 5.15. The maximum atomic E-state index is 9.50. The molecule has 1 aromatic heterocycles. The number of pyridine rings is 1. The number of aromatic nitrogens is 1. The molecule has 20 heavy (non-hydrogen) atoms. The molecule has 1 heterocycles. The maximum absolute atomic E-state index is 9.50.